The van der Waals surface area contributed by atoms with Gasteiger partial charge in [0.25, 0.3) is 0 Å². The average molecular weight is 738 g/mol. The van der Waals surface area contributed by atoms with Gasteiger partial charge in [-0.2, -0.15) is 0 Å². The summed E-state index contributed by atoms with van der Waals surface area (Å²) in [5, 5.41) is 36.2. The van der Waals surface area contributed by atoms with Crippen molar-refractivity contribution in [2.24, 2.45) is 7.05 Å². The minimum Gasteiger partial charge on any atom is -0.421 e. The first-order chi connectivity index (χ1) is 26.6. The van der Waals surface area contributed by atoms with E-state index in [1.165, 1.54) is 11.1 Å². The van der Waals surface area contributed by atoms with Crippen LogP contribution in [0.4, 0.5) is 0 Å². The van der Waals surface area contributed by atoms with Crippen LogP contribution in [0.5, 0.6) is 0 Å². The highest BCUT2D eigenvalue weighted by Crippen LogP contribution is 2.35. The van der Waals surface area contributed by atoms with Crippen molar-refractivity contribution in [3.05, 3.63) is 167 Å². The van der Waals surface area contributed by atoms with Crippen LogP contribution in [0.3, 0.4) is 0 Å². The first-order valence-electron chi connectivity index (χ1n) is 18.7. The second-order valence-electron chi connectivity index (χ2n) is 16.4. The van der Waals surface area contributed by atoms with E-state index in [-0.39, 0.29) is 34.4 Å². The zero-order chi connectivity index (χ0) is 39.9. The first-order valence-corrected chi connectivity index (χ1v) is 18.7. The Balaban J connectivity index is 1.06. The molecule has 4 N–H and O–H groups in total. The van der Waals surface area contributed by atoms with Crippen LogP contribution in [-0.2, 0) is 27.4 Å². The fraction of sp³-hybridized carbons (Fsp3) is 0.184. The second-order valence-corrected chi connectivity index (χ2v) is 16.4. The van der Waals surface area contributed by atoms with Crippen LogP contribution in [0.2, 0.25) is 0 Å². The highest BCUT2D eigenvalue weighted by atomic mass is 16.5. The third kappa shape index (κ3) is 7.66. The summed E-state index contributed by atoms with van der Waals surface area (Å²) in [5.41, 5.74) is 11.2. The molecule has 6 aromatic carbocycles. The van der Waals surface area contributed by atoms with Crippen molar-refractivity contribution in [3.63, 3.8) is 0 Å². The summed E-state index contributed by atoms with van der Waals surface area (Å²) >= 11 is 0. The van der Waals surface area contributed by atoms with Gasteiger partial charge >= 0.3 is 0 Å². The van der Waals surface area contributed by atoms with E-state index >= 15 is 0 Å². The second kappa shape index (κ2) is 14.6. The molecule has 0 aliphatic rings. The standard InChI is InChI=1S/C49H47N5O2/c1-48(2,3)38-22-16-34(17-23-38)46(52)55-44(50)32-12-8-30(9-13-32)36-20-26-42-40(28-36)41-29-37(21-27-43(41)54(42)7)31-10-14-33(15-11-31)45(51)56-47(53)35-18-24-39(25-19-35)49(4,5)6/h8-29,50-53H,1-7H3. The molecule has 0 fully saturated rings. The van der Waals surface area contributed by atoms with Crippen molar-refractivity contribution < 1.29 is 9.47 Å². The third-order valence-electron chi connectivity index (χ3n) is 10.4. The molecule has 0 radical (unpaired) electrons. The smallest absolute Gasteiger partial charge is 0.221 e. The molecule has 0 saturated carbocycles. The summed E-state index contributed by atoms with van der Waals surface area (Å²) in [7, 11) is 2.08. The Hall–Kier alpha value is -6.60. The Kier molecular flexibility index (Phi) is 9.81. The van der Waals surface area contributed by atoms with Crippen molar-refractivity contribution in [3.8, 4) is 22.3 Å². The lowest BCUT2D eigenvalue weighted by molar-refractivity contribution is 0.537. The number of ether oxygens (including phenoxy) is 2. The maximum Gasteiger partial charge on any atom is 0.221 e. The van der Waals surface area contributed by atoms with Gasteiger partial charge in [-0.15, -0.1) is 0 Å². The summed E-state index contributed by atoms with van der Waals surface area (Å²) in [6, 6.07) is 43.8. The Morgan fingerprint density at radius 2 is 0.661 bits per heavy atom. The van der Waals surface area contributed by atoms with Gasteiger partial charge in [0, 0.05) is 51.1 Å². The normalized spacial score (nSPS) is 11.8. The highest BCUT2D eigenvalue weighted by Gasteiger charge is 2.17. The molecule has 56 heavy (non-hydrogen) atoms. The number of nitrogens with one attached hydrogen (secondary N) is 4. The van der Waals surface area contributed by atoms with Gasteiger partial charge in [-0.1, -0.05) is 102 Å². The van der Waals surface area contributed by atoms with E-state index in [9.17, 15) is 0 Å². The molecule has 7 aromatic rings. The first kappa shape index (κ1) is 37.7. The molecule has 7 rings (SSSR count). The number of hydrogen-bond donors (Lipinski definition) is 4. The van der Waals surface area contributed by atoms with Gasteiger partial charge in [-0.25, -0.2) is 0 Å². The molecule has 280 valence electrons. The lowest BCUT2D eigenvalue weighted by Gasteiger charge is -2.19. The van der Waals surface area contributed by atoms with Crippen LogP contribution in [0.15, 0.2) is 133 Å². The van der Waals surface area contributed by atoms with E-state index in [4.69, 9.17) is 31.1 Å². The zero-order valence-corrected chi connectivity index (χ0v) is 33.0. The van der Waals surface area contributed by atoms with Crippen LogP contribution < -0.4 is 0 Å². The molecule has 0 aliphatic carbocycles. The van der Waals surface area contributed by atoms with E-state index in [2.05, 4.69) is 89.6 Å². The molecule has 0 spiro atoms. The van der Waals surface area contributed by atoms with Gasteiger partial charge in [0.1, 0.15) is 0 Å². The molecule has 0 atom stereocenters. The predicted molar refractivity (Wildman–Crippen MR) is 231 cm³/mol. The minimum absolute atomic E-state index is 0.0168. The fourth-order valence-corrected chi connectivity index (χ4v) is 6.89. The van der Waals surface area contributed by atoms with Crippen LogP contribution in [0, 0.1) is 21.6 Å². The number of benzene rings is 6. The maximum absolute atomic E-state index is 8.54. The number of rotatable bonds is 6. The molecule has 0 bridgehead atoms. The molecular weight excluding hydrogens is 691 g/mol. The van der Waals surface area contributed by atoms with Crippen LogP contribution >= 0.6 is 0 Å². The summed E-state index contributed by atoms with van der Waals surface area (Å²) in [6.07, 6.45) is 0. The molecule has 0 unspecified atom stereocenters. The molecule has 7 heteroatoms. The van der Waals surface area contributed by atoms with Crippen molar-refractivity contribution >= 4 is 45.4 Å². The Morgan fingerprint density at radius 1 is 0.393 bits per heavy atom. The average Bonchev–Trinajstić information content (AvgIpc) is 3.47. The quantitative estimate of drug-likeness (QED) is 0.100. The number of hydrogen-bond acceptors (Lipinski definition) is 6. The molecule has 1 aromatic heterocycles. The van der Waals surface area contributed by atoms with Gasteiger partial charge < -0.3 is 14.0 Å². The maximum atomic E-state index is 8.54. The summed E-state index contributed by atoms with van der Waals surface area (Å²) < 4.78 is 13.5. The van der Waals surface area contributed by atoms with Crippen molar-refractivity contribution in [2.45, 2.75) is 52.4 Å². The van der Waals surface area contributed by atoms with Gasteiger partial charge in [0.2, 0.25) is 23.6 Å². The van der Waals surface area contributed by atoms with E-state index in [1.54, 1.807) is 0 Å². The van der Waals surface area contributed by atoms with Gasteiger partial charge in [-0.05, 0) is 117 Å². The molecular formula is C49H47N5O2. The number of aryl methyl sites for hydroxylation is 1. The lowest BCUT2D eigenvalue weighted by Crippen LogP contribution is -2.14. The number of fused-ring (bicyclic) bond motifs is 3. The van der Waals surface area contributed by atoms with Crippen molar-refractivity contribution in [1.82, 2.24) is 4.57 Å². The predicted octanol–water partition coefficient (Wildman–Crippen LogP) is 12.0. The van der Waals surface area contributed by atoms with E-state index < -0.39 is 0 Å². The van der Waals surface area contributed by atoms with E-state index in [0.717, 1.165) is 44.1 Å². The van der Waals surface area contributed by atoms with E-state index in [1.807, 2.05) is 97.1 Å². The minimum atomic E-state index is -0.0720. The monoisotopic (exact) mass is 737 g/mol. The molecule has 0 aliphatic heterocycles. The van der Waals surface area contributed by atoms with Crippen LogP contribution in [0.1, 0.15) is 74.9 Å². The Labute approximate surface area is 328 Å². The van der Waals surface area contributed by atoms with Crippen LogP contribution in [0.25, 0.3) is 44.1 Å². The molecule has 1 heterocycles. The Bertz CT molecular complexity index is 2450. The summed E-state index contributed by atoms with van der Waals surface area (Å²) in [4.78, 5) is 0. The fourth-order valence-electron chi connectivity index (χ4n) is 6.89. The lowest BCUT2D eigenvalue weighted by atomic mass is 9.87. The van der Waals surface area contributed by atoms with E-state index in [0.29, 0.717) is 22.3 Å². The van der Waals surface area contributed by atoms with Gasteiger partial charge in [0.05, 0.1) is 0 Å². The molecule has 0 saturated heterocycles. The van der Waals surface area contributed by atoms with Gasteiger partial charge in [-0.3, -0.25) is 21.6 Å². The summed E-state index contributed by atoms with van der Waals surface area (Å²) in [6.45, 7) is 12.9. The number of aromatic nitrogens is 1. The third-order valence-corrected chi connectivity index (χ3v) is 10.4. The summed E-state index contributed by atoms with van der Waals surface area (Å²) in [5.74, 6) is -0.256. The largest absolute Gasteiger partial charge is 0.421 e. The van der Waals surface area contributed by atoms with Crippen molar-refractivity contribution in [1.29, 1.82) is 21.6 Å². The zero-order valence-electron chi connectivity index (χ0n) is 33.0. The molecule has 0 amide bonds. The Morgan fingerprint density at radius 3 is 0.946 bits per heavy atom. The van der Waals surface area contributed by atoms with Gasteiger partial charge in [0.15, 0.2) is 0 Å². The van der Waals surface area contributed by atoms with Crippen LogP contribution in [-0.4, -0.2) is 28.2 Å². The topological polar surface area (TPSA) is 119 Å². The SMILES string of the molecule is Cn1c2ccc(-c3ccc(C(=N)OC(=N)c4ccc(C(C)(C)C)cc4)cc3)cc2c2cc(-c3ccc(C(=N)OC(=N)c4ccc(C(C)(C)C)cc4)cc3)ccc21. The number of nitrogens with zero attached hydrogens (tertiary/aromatic N) is 1. The molecule has 7 nitrogen and oxygen atoms in total. The highest BCUT2D eigenvalue weighted by molar-refractivity contribution is 6.11. The van der Waals surface area contributed by atoms with Crippen molar-refractivity contribution in [2.75, 3.05) is 0 Å².